The lowest BCUT2D eigenvalue weighted by atomic mass is 10.00. The molecule has 1 aromatic rings. The Morgan fingerprint density at radius 2 is 2.00 bits per heavy atom. The number of amides is 1. The fourth-order valence-electron chi connectivity index (χ4n) is 2.94. The lowest BCUT2D eigenvalue weighted by molar-refractivity contribution is -0.118. The first-order valence-corrected chi connectivity index (χ1v) is 7.85. The van der Waals surface area contributed by atoms with Crippen molar-refractivity contribution in [3.8, 4) is 0 Å². The van der Waals surface area contributed by atoms with Crippen molar-refractivity contribution in [3.63, 3.8) is 0 Å². The van der Waals surface area contributed by atoms with E-state index in [1.54, 1.807) is 0 Å². The normalized spacial score (nSPS) is 19.8. The van der Waals surface area contributed by atoms with Gasteiger partial charge in [0.05, 0.1) is 6.54 Å². The van der Waals surface area contributed by atoms with Gasteiger partial charge < -0.3 is 5.32 Å². The molecule has 1 unspecified atom stereocenters. The molecular weight excluding hydrogens is 248 g/mol. The molecule has 1 fully saturated rings. The largest absolute Gasteiger partial charge is 0.325 e. The summed E-state index contributed by atoms with van der Waals surface area (Å²) < 4.78 is 0. The molecule has 0 aliphatic carbocycles. The van der Waals surface area contributed by atoms with Crippen molar-refractivity contribution in [1.82, 2.24) is 4.90 Å². The van der Waals surface area contributed by atoms with Crippen LogP contribution in [0.25, 0.3) is 0 Å². The van der Waals surface area contributed by atoms with Crippen molar-refractivity contribution < 1.29 is 4.79 Å². The number of hydrogen-bond acceptors (Lipinski definition) is 2. The molecule has 1 amide bonds. The number of likely N-dealkylation sites (tertiary alicyclic amines) is 1. The van der Waals surface area contributed by atoms with E-state index in [1.165, 1.54) is 24.8 Å². The predicted molar refractivity (Wildman–Crippen MR) is 84.0 cm³/mol. The van der Waals surface area contributed by atoms with Gasteiger partial charge >= 0.3 is 0 Å². The van der Waals surface area contributed by atoms with Crippen LogP contribution < -0.4 is 5.32 Å². The first kappa shape index (κ1) is 15.0. The zero-order chi connectivity index (χ0) is 14.4. The SMILES string of the molecule is CCc1ccc(NC(=O)CN2CCCCC2CC)cc1. The molecule has 1 aliphatic heterocycles. The monoisotopic (exact) mass is 274 g/mol. The van der Waals surface area contributed by atoms with E-state index in [9.17, 15) is 4.79 Å². The summed E-state index contributed by atoms with van der Waals surface area (Å²) in [6.07, 6.45) is 5.91. The zero-order valence-electron chi connectivity index (χ0n) is 12.7. The minimum absolute atomic E-state index is 0.106. The number of nitrogens with zero attached hydrogens (tertiary/aromatic N) is 1. The zero-order valence-corrected chi connectivity index (χ0v) is 12.7. The average Bonchev–Trinajstić information content (AvgIpc) is 2.48. The molecule has 0 aromatic heterocycles. The number of carbonyl (C=O) groups is 1. The minimum atomic E-state index is 0.106. The maximum absolute atomic E-state index is 12.1. The van der Waals surface area contributed by atoms with Crippen LogP contribution in [-0.4, -0.2) is 29.9 Å². The van der Waals surface area contributed by atoms with E-state index in [-0.39, 0.29) is 5.91 Å². The fourth-order valence-corrected chi connectivity index (χ4v) is 2.94. The standard InChI is InChI=1S/C17H26N2O/c1-3-14-8-10-15(11-9-14)18-17(20)13-19-12-6-5-7-16(19)4-2/h8-11,16H,3-7,12-13H2,1-2H3,(H,18,20). The third kappa shape index (κ3) is 4.07. The smallest absolute Gasteiger partial charge is 0.238 e. The second-order valence-electron chi connectivity index (χ2n) is 5.63. The van der Waals surface area contributed by atoms with E-state index in [0.717, 1.165) is 25.1 Å². The van der Waals surface area contributed by atoms with Crippen molar-refractivity contribution >= 4 is 11.6 Å². The molecule has 1 atom stereocenters. The molecule has 3 heteroatoms. The van der Waals surface area contributed by atoms with Crippen LogP contribution in [0.1, 0.15) is 45.1 Å². The third-order valence-corrected chi connectivity index (χ3v) is 4.21. The Morgan fingerprint density at radius 1 is 1.25 bits per heavy atom. The molecule has 110 valence electrons. The molecule has 1 aromatic carbocycles. The molecule has 1 N–H and O–H groups in total. The molecule has 0 spiro atoms. The predicted octanol–water partition coefficient (Wildman–Crippen LogP) is 3.45. The van der Waals surface area contributed by atoms with Gasteiger partial charge in [-0.05, 0) is 49.9 Å². The van der Waals surface area contributed by atoms with Gasteiger partial charge in [-0.3, -0.25) is 9.69 Å². The van der Waals surface area contributed by atoms with Crippen molar-refractivity contribution in [2.75, 3.05) is 18.4 Å². The summed E-state index contributed by atoms with van der Waals surface area (Å²) in [7, 11) is 0. The van der Waals surface area contributed by atoms with Gasteiger partial charge in [0.2, 0.25) is 5.91 Å². The van der Waals surface area contributed by atoms with Gasteiger partial charge in [-0.15, -0.1) is 0 Å². The molecule has 3 nitrogen and oxygen atoms in total. The number of benzene rings is 1. The summed E-state index contributed by atoms with van der Waals surface area (Å²) in [5.74, 6) is 0.106. The van der Waals surface area contributed by atoms with Crippen LogP contribution in [0.3, 0.4) is 0 Å². The van der Waals surface area contributed by atoms with Crippen molar-refractivity contribution in [2.45, 2.75) is 52.0 Å². The summed E-state index contributed by atoms with van der Waals surface area (Å²) in [4.78, 5) is 14.5. The highest BCUT2D eigenvalue weighted by atomic mass is 16.2. The van der Waals surface area contributed by atoms with Crippen molar-refractivity contribution in [2.24, 2.45) is 0 Å². The summed E-state index contributed by atoms with van der Waals surface area (Å²) in [5, 5.41) is 3.00. The summed E-state index contributed by atoms with van der Waals surface area (Å²) >= 11 is 0. The quantitative estimate of drug-likeness (QED) is 0.892. The highest BCUT2D eigenvalue weighted by Crippen LogP contribution is 2.19. The maximum Gasteiger partial charge on any atom is 0.238 e. The Labute approximate surface area is 122 Å². The van der Waals surface area contributed by atoms with E-state index in [1.807, 2.05) is 12.1 Å². The van der Waals surface area contributed by atoms with Gasteiger partial charge in [0.15, 0.2) is 0 Å². The number of piperidine rings is 1. The van der Waals surface area contributed by atoms with E-state index in [2.05, 4.69) is 36.2 Å². The van der Waals surface area contributed by atoms with Gasteiger partial charge in [-0.1, -0.05) is 32.4 Å². The second kappa shape index (κ2) is 7.44. The lowest BCUT2D eigenvalue weighted by Gasteiger charge is -2.34. The van der Waals surface area contributed by atoms with E-state index in [4.69, 9.17) is 0 Å². The van der Waals surface area contributed by atoms with Crippen LogP contribution in [0, 0.1) is 0 Å². The molecular formula is C17H26N2O. The first-order chi connectivity index (χ1) is 9.72. The van der Waals surface area contributed by atoms with Crippen LogP contribution in [0.5, 0.6) is 0 Å². The number of nitrogens with one attached hydrogen (secondary N) is 1. The van der Waals surface area contributed by atoms with E-state index >= 15 is 0 Å². The van der Waals surface area contributed by atoms with Crippen LogP contribution >= 0.6 is 0 Å². The third-order valence-electron chi connectivity index (χ3n) is 4.21. The van der Waals surface area contributed by atoms with Crippen LogP contribution in [0.4, 0.5) is 5.69 Å². The summed E-state index contributed by atoms with van der Waals surface area (Å²) in [6, 6.07) is 8.71. The minimum Gasteiger partial charge on any atom is -0.325 e. The first-order valence-electron chi connectivity index (χ1n) is 7.85. The average molecular weight is 274 g/mol. The highest BCUT2D eigenvalue weighted by Gasteiger charge is 2.22. The summed E-state index contributed by atoms with van der Waals surface area (Å²) in [5.41, 5.74) is 2.20. The Balaban J connectivity index is 1.87. The molecule has 1 aliphatic rings. The molecule has 20 heavy (non-hydrogen) atoms. The number of anilines is 1. The maximum atomic E-state index is 12.1. The molecule has 0 bridgehead atoms. The molecule has 0 saturated carbocycles. The Bertz CT molecular complexity index is 427. The van der Waals surface area contributed by atoms with Crippen molar-refractivity contribution in [1.29, 1.82) is 0 Å². The van der Waals surface area contributed by atoms with Gasteiger partial charge in [0.25, 0.3) is 0 Å². The molecule has 1 saturated heterocycles. The number of aryl methyl sites for hydroxylation is 1. The van der Waals surface area contributed by atoms with Gasteiger partial charge in [-0.25, -0.2) is 0 Å². The Morgan fingerprint density at radius 3 is 2.65 bits per heavy atom. The molecule has 0 radical (unpaired) electrons. The Hall–Kier alpha value is -1.35. The fraction of sp³-hybridized carbons (Fsp3) is 0.588. The number of hydrogen-bond donors (Lipinski definition) is 1. The molecule has 1 heterocycles. The van der Waals surface area contributed by atoms with E-state index in [0.29, 0.717) is 12.6 Å². The van der Waals surface area contributed by atoms with Crippen LogP contribution in [0.15, 0.2) is 24.3 Å². The highest BCUT2D eigenvalue weighted by molar-refractivity contribution is 5.92. The Kier molecular flexibility index (Phi) is 5.60. The second-order valence-corrected chi connectivity index (χ2v) is 5.63. The van der Waals surface area contributed by atoms with Crippen LogP contribution in [-0.2, 0) is 11.2 Å². The molecule has 2 rings (SSSR count). The number of rotatable bonds is 5. The van der Waals surface area contributed by atoms with Gasteiger partial charge in [-0.2, -0.15) is 0 Å². The summed E-state index contributed by atoms with van der Waals surface area (Å²) in [6.45, 7) is 5.92. The van der Waals surface area contributed by atoms with Crippen LogP contribution in [0.2, 0.25) is 0 Å². The topological polar surface area (TPSA) is 32.3 Å². The van der Waals surface area contributed by atoms with Gasteiger partial charge in [0, 0.05) is 11.7 Å². The number of carbonyl (C=O) groups excluding carboxylic acids is 1. The lowest BCUT2D eigenvalue weighted by Crippen LogP contribution is -2.43. The van der Waals surface area contributed by atoms with Gasteiger partial charge in [0.1, 0.15) is 0 Å². The van der Waals surface area contributed by atoms with Crippen molar-refractivity contribution in [3.05, 3.63) is 29.8 Å². The van der Waals surface area contributed by atoms with E-state index < -0.39 is 0 Å².